The first-order chi connectivity index (χ1) is 10.1. The largest absolute Gasteiger partial charge is 0.324 e. The number of benzene rings is 2. The van der Waals surface area contributed by atoms with E-state index in [9.17, 15) is 4.79 Å². The lowest BCUT2D eigenvalue weighted by Gasteiger charge is -2.14. The van der Waals surface area contributed by atoms with E-state index in [-0.39, 0.29) is 18.5 Å². The van der Waals surface area contributed by atoms with Crippen LogP contribution in [-0.4, -0.2) is 12.5 Å². The highest BCUT2D eigenvalue weighted by molar-refractivity contribution is 6.33. The summed E-state index contributed by atoms with van der Waals surface area (Å²) in [5.74, 6) is -0.135. The predicted octanol–water partition coefficient (Wildman–Crippen LogP) is 4.28. The zero-order valence-electron chi connectivity index (χ0n) is 11.6. The monoisotopic (exact) mass is 322 g/mol. The van der Waals surface area contributed by atoms with Crippen LogP contribution in [0.2, 0.25) is 10.0 Å². The molecule has 2 N–H and O–H groups in total. The van der Waals surface area contributed by atoms with Crippen LogP contribution in [0.25, 0.3) is 0 Å². The second-order valence-electron chi connectivity index (χ2n) is 4.68. The van der Waals surface area contributed by atoms with Gasteiger partial charge in [0, 0.05) is 11.1 Å². The summed E-state index contributed by atoms with van der Waals surface area (Å²) in [6.07, 6.45) is 0. The first-order valence-corrected chi connectivity index (χ1v) is 7.35. The predicted molar refractivity (Wildman–Crippen MR) is 88.0 cm³/mol. The SMILES string of the molecule is C[C@@H](NCC(=O)Nc1ccccc1Cl)c1ccc(Cl)cc1. The van der Waals surface area contributed by atoms with E-state index in [1.54, 1.807) is 12.1 Å². The minimum atomic E-state index is -0.135. The Morgan fingerprint density at radius 2 is 1.76 bits per heavy atom. The minimum absolute atomic E-state index is 0.0549. The van der Waals surface area contributed by atoms with Crippen LogP contribution >= 0.6 is 23.2 Å². The molecule has 0 radical (unpaired) electrons. The van der Waals surface area contributed by atoms with Gasteiger partial charge in [0.25, 0.3) is 0 Å². The van der Waals surface area contributed by atoms with Gasteiger partial charge in [-0.1, -0.05) is 47.5 Å². The Hall–Kier alpha value is -1.55. The fraction of sp³-hybridized carbons (Fsp3) is 0.188. The van der Waals surface area contributed by atoms with Gasteiger partial charge in [-0.25, -0.2) is 0 Å². The van der Waals surface area contributed by atoms with E-state index in [4.69, 9.17) is 23.2 Å². The highest BCUT2D eigenvalue weighted by Crippen LogP contribution is 2.20. The van der Waals surface area contributed by atoms with Crippen molar-refractivity contribution in [1.82, 2.24) is 5.32 Å². The van der Waals surface area contributed by atoms with Gasteiger partial charge in [0.1, 0.15) is 0 Å². The minimum Gasteiger partial charge on any atom is -0.324 e. The van der Waals surface area contributed by atoms with Crippen molar-refractivity contribution >= 4 is 34.8 Å². The van der Waals surface area contributed by atoms with Crippen molar-refractivity contribution in [2.24, 2.45) is 0 Å². The number of carbonyl (C=O) groups excluding carboxylic acids is 1. The standard InChI is InChI=1S/C16H16Cl2N2O/c1-11(12-6-8-13(17)9-7-12)19-10-16(21)20-15-5-3-2-4-14(15)18/h2-9,11,19H,10H2,1H3,(H,20,21)/t11-/m1/s1. The molecule has 0 saturated carbocycles. The van der Waals surface area contributed by atoms with Crippen LogP contribution in [0.5, 0.6) is 0 Å². The van der Waals surface area contributed by atoms with Crippen molar-refractivity contribution < 1.29 is 4.79 Å². The molecule has 1 amide bonds. The normalized spacial score (nSPS) is 12.0. The molecule has 0 heterocycles. The number of nitrogens with one attached hydrogen (secondary N) is 2. The molecule has 2 rings (SSSR count). The fourth-order valence-corrected chi connectivity index (χ4v) is 2.18. The van der Waals surface area contributed by atoms with E-state index in [1.165, 1.54) is 0 Å². The molecule has 0 aliphatic heterocycles. The molecule has 2 aromatic carbocycles. The molecule has 0 unspecified atom stereocenters. The second kappa shape index (κ2) is 7.46. The summed E-state index contributed by atoms with van der Waals surface area (Å²) >= 11 is 11.8. The molecular weight excluding hydrogens is 307 g/mol. The van der Waals surface area contributed by atoms with Crippen LogP contribution < -0.4 is 10.6 Å². The Kier molecular flexibility index (Phi) is 5.62. The number of anilines is 1. The number of halogens is 2. The molecule has 0 saturated heterocycles. The number of hydrogen-bond donors (Lipinski definition) is 2. The average molecular weight is 323 g/mol. The van der Waals surface area contributed by atoms with Crippen LogP contribution in [-0.2, 0) is 4.79 Å². The molecule has 0 spiro atoms. The zero-order chi connectivity index (χ0) is 15.2. The molecular formula is C16H16Cl2N2O. The quantitative estimate of drug-likeness (QED) is 0.862. The van der Waals surface area contributed by atoms with Crippen molar-refractivity contribution in [1.29, 1.82) is 0 Å². The van der Waals surface area contributed by atoms with Crippen LogP contribution in [0.4, 0.5) is 5.69 Å². The average Bonchev–Trinajstić information content (AvgIpc) is 2.48. The molecule has 110 valence electrons. The number of para-hydroxylation sites is 1. The van der Waals surface area contributed by atoms with Gasteiger partial charge in [0.05, 0.1) is 17.3 Å². The van der Waals surface area contributed by atoms with Crippen LogP contribution in [0.3, 0.4) is 0 Å². The van der Waals surface area contributed by atoms with E-state index in [2.05, 4.69) is 10.6 Å². The zero-order valence-corrected chi connectivity index (χ0v) is 13.1. The lowest BCUT2D eigenvalue weighted by atomic mass is 10.1. The molecule has 21 heavy (non-hydrogen) atoms. The number of hydrogen-bond acceptors (Lipinski definition) is 2. The molecule has 1 atom stereocenters. The molecule has 3 nitrogen and oxygen atoms in total. The lowest BCUT2D eigenvalue weighted by molar-refractivity contribution is -0.115. The lowest BCUT2D eigenvalue weighted by Crippen LogP contribution is -2.30. The van der Waals surface area contributed by atoms with Crippen molar-refractivity contribution in [3.63, 3.8) is 0 Å². The van der Waals surface area contributed by atoms with Gasteiger partial charge in [0.15, 0.2) is 0 Å². The van der Waals surface area contributed by atoms with E-state index in [1.807, 2.05) is 43.3 Å². The maximum Gasteiger partial charge on any atom is 0.238 e. The molecule has 0 aliphatic carbocycles. The van der Waals surface area contributed by atoms with E-state index < -0.39 is 0 Å². The fourth-order valence-electron chi connectivity index (χ4n) is 1.87. The number of amides is 1. The van der Waals surface area contributed by atoms with E-state index in [0.29, 0.717) is 15.7 Å². The topological polar surface area (TPSA) is 41.1 Å². The van der Waals surface area contributed by atoms with Gasteiger partial charge in [-0.05, 0) is 36.8 Å². The summed E-state index contributed by atoms with van der Waals surface area (Å²) in [5, 5.41) is 7.15. The smallest absolute Gasteiger partial charge is 0.238 e. The first kappa shape index (κ1) is 15.8. The maximum atomic E-state index is 11.9. The van der Waals surface area contributed by atoms with Gasteiger partial charge in [-0.3, -0.25) is 4.79 Å². The van der Waals surface area contributed by atoms with E-state index in [0.717, 1.165) is 5.56 Å². The number of rotatable bonds is 5. The molecule has 5 heteroatoms. The summed E-state index contributed by atoms with van der Waals surface area (Å²) in [4.78, 5) is 11.9. The van der Waals surface area contributed by atoms with Crippen LogP contribution in [0.15, 0.2) is 48.5 Å². The van der Waals surface area contributed by atoms with Gasteiger partial charge in [-0.15, -0.1) is 0 Å². The Balaban J connectivity index is 1.86. The molecule has 2 aromatic rings. The summed E-state index contributed by atoms with van der Waals surface area (Å²) < 4.78 is 0. The van der Waals surface area contributed by atoms with Crippen molar-refractivity contribution in [3.8, 4) is 0 Å². The second-order valence-corrected chi connectivity index (χ2v) is 5.53. The first-order valence-electron chi connectivity index (χ1n) is 6.59. The summed E-state index contributed by atoms with van der Waals surface area (Å²) in [6.45, 7) is 2.20. The third kappa shape index (κ3) is 4.74. The highest BCUT2D eigenvalue weighted by atomic mass is 35.5. The van der Waals surface area contributed by atoms with Gasteiger partial charge in [0.2, 0.25) is 5.91 Å². The van der Waals surface area contributed by atoms with Gasteiger partial charge >= 0.3 is 0 Å². The summed E-state index contributed by atoms with van der Waals surface area (Å²) in [5.41, 5.74) is 1.69. The van der Waals surface area contributed by atoms with Crippen molar-refractivity contribution in [3.05, 3.63) is 64.1 Å². The molecule has 0 fully saturated rings. The third-order valence-corrected chi connectivity index (χ3v) is 3.67. The highest BCUT2D eigenvalue weighted by Gasteiger charge is 2.09. The van der Waals surface area contributed by atoms with Crippen molar-refractivity contribution in [2.75, 3.05) is 11.9 Å². The Morgan fingerprint density at radius 3 is 2.43 bits per heavy atom. The molecule has 0 aliphatic rings. The molecule has 0 aromatic heterocycles. The van der Waals surface area contributed by atoms with Crippen LogP contribution in [0.1, 0.15) is 18.5 Å². The summed E-state index contributed by atoms with van der Waals surface area (Å²) in [6, 6.07) is 14.7. The number of carbonyl (C=O) groups is 1. The van der Waals surface area contributed by atoms with Gasteiger partial charge < -0.3 is 10.6 Å². The van der Waals surface area contributed by atoms with E-state index >= 15 is 0 Å². The third-order valence-electron chi connectivity index (χ3n) is 3.09. The Bertz CT molecular complexity index is 614. The molecule has 0 bridgehead atoms. The van der Waals surface area contributed by atoms with Crippen molar-refractivity contribution in [2.45, 2.75) is 13.0 Å². The Morgan fingerprint density at radius 1 is 1.10 bits per heavy atom. The maximum absolute atomic E-state index is 11.9. The van der Waals surface area contributed by atoms with Crippen LogP contribution in [0, 0.1) is 0 Å². The summed E-state index contributed by atoms with van der Waals surface area (Å²) in [7, 11) is 0. The van der Waals surface area contributed by atoms with Gasteiger partial charge in [-0.2, -0.15) is 0 Å². The Labute approximate surface area is 134 Å².